The molecule has 0 saturated carbocycles. The fraction of sp³-hybridized carbons (Fsp3) is 0.750. The lowest BCUT2D eigenvalue weighted by Crippen LogP contribution is -2.17. The van der Waals surface area contributed by atoms with Gasteiger partial charge in [0.1, 0.15) is 0 Å². The predicted molar refractivity (Wildman–Crippen MR) is 61.9 cm³/mol. The number of aromatic nitrogens is 2. The Balaban J connectivity index is 2.31. The molecular formula is C12H21N3. The molecule has 3 heteroatoms. The summed E-state index contributed by atoms with van der Waals surface area (Å²) in [4.78, 5) is 2.37. The van der Waals surface area contributed by atoms with Crippen LogP contribution >= 0.6 is 0 Å². The summed E-state index contributed by atoms with van der Waals surface area (Å²) in [5.74, 6) is 0. The van der Waals surface area contributed by atoms with Crippen molar-refractivity contribution in [2.75, 3.05) is 13.6 Å². The molecule has 1 aliphatic rings. The summed E-state index contributed by atoms with van der Waals surface area (Å²) in [7, 11) is 2.18. The van der Waals surface area contributed by atoms with E-state index in [2.05, 4.69) is 43.5 Å². The van der Waals surface area contributed by atoms with Crippen LogP contribution in [0.25, 0.3) is 0 Å². The molecule has 0 bridgehead atoms. The number of rotatable bonds is 0. The molecule has 0 N–H and O–H groups in total. The molecule has 2 rings (SSSR count). The van der Waals surface area contributed by atoms with Crippen LogP contribution in [0.15, 0.2) is 6.07 Å². The Morgan fingerprint density at radius 1 is 1.27 bits per heavy atom. The van der Waals surface area contributed by atoms with E-state index in [1.807, 2.05) is 0 Å². The molecule has 15 heavy (non-hydrogen) atoms. The van der Waals surface area contributed by atoms with Crippen molar-refractivity contribution in [3.05, 3.63) is 17.5 Å². The van der Waals surface area contributed by atoms with Crippen LogP contribution < -0.4 is 0 Å². The van der Waals surface area contributed by atoms with Crippen LogP contribution in [0.1, 0.15) is 38.6 Å². The Morgan fingerprint density at radius 3 is 2.67 bits per heavy atom. The van der Waals surface area contributed by atoms with Gasteiger partial charge in [-0.25, -0.2) is 0 Å². The maximum atomic E-state index is 4.71. The minimum absolute atomic E-state index is 0.164. The first-order valence-corrected chi connectivity index (χ1v) is 5.72. The van der Waals surface area contributed by atoms with Gasteiger partial charge >= 0.3 is 0 Å². The molecule has 2 heterocycles. The van der Waals surface area contributed by atoms with Crippen molar-refractivity contribution in [3.63, 3.8) is 0 Å². The summed E-state index contributed by atoms with van der Waals surface area (Å²) < 4.78 is 2.18. The fourth-order valence-electron chi connectivity index (χ4n) is 1.99. The average Bonchev–Trinajstić information content (AvgIpc) is 2.41. The van der Waals surface area contributed by atoms with Crippen molar-refractivity contribution < 1.29 is 0 Å². The van der Waals surface area contributed by atoms with Gasteiger partial charge in [-0.1, -0.05) is 20.8 Å². The first-order valence-electron chi connectivity index (χ1n) is 5.72. The highest BCUT2D eigenvalue weighted by atomic mass is 15.3. The lowest BCUT2D eigenvalue weighted by Gasteiger charge is -2.14. The molecular weight excluding hydrogens is 186 g/mol. The Labute approximate surface area is 92.1 Å². The van der Waals surface area contributed by atoms with Gasteiger partial charge < -0.3 is 4.90 Å². The normalized spacial score (nSPS) is 18.7. The van der Waals surface area contributed by atoms with Crippen LogP contribution in [-0.4, -0.2) is 28.3 Å². The number of fused-ring (bicyclic) bond motifs is 1. The molecule has 0 fully saturated rings. The molecule has 0 spiro atoms. The Morgan fingerprint density at radius 2 is 2.00 bits per heavy atom. The smallest absolute Gasteiger partial charge is 0.0681 e. The van der Waals surface area contributed by atoms with E-state index in [4.69, 9.17) is 5.10 Å². The number of hydrogen-bond acceptors (Lipinski definition) is 2. The SMILES string of the molecule is CN1CCCn2nc(C(C)(C)C)cc2C1. The van der Waals surface area contributed by atoms with Crippen molar-refractivity contribution in [2.24, 2.45) is 0 Å². The number of hydrogen-bond donors (Lipinski definition) is 0. The van der Waals surface area contributed by atoms with Crippen LogP contribution in [0.5, 0.6) is 0 Å². The van der Waals surface area contributed by atoms with Gasteiger partial charge in [0.25, 0.3) is 0 Å². The molecule has 0 amide bonds. The lowest BCUT2D eigenvalue weighted by atomic mass is 9.92. The molecule has 0 atom stereocenters. The molecule has 0 unspecified atom stereocenters. The second-order valence-corrected chi connectivity index (χ2v) is 5.59. The second-order valence-electron chi connectivity index (χ2n) is 5.59. The average molecular weight is 207 g/mol. The zero-order valence-electron chi connectivity index (χ0n) is 10.2. The minimum Gasteiger partial charge on any atom is -0.300 e. The van der Waals surface area contributed by atoms with Crippen LogP contribution in [0.3, 0.4) is 0 Å². The quantitative estimate of drug-likeness (QED) is 0.649. The van der Waals surface area contributed by atoms with E-state index in [-0.39, 0.29) is 5.41 Å². The van der Waals surface area contributed by atoms with Gasteiger partial charge in [-0.05, 0) is 19.5 Å². The maximum absolute atomic E-state index is 4.71. The second kappa shape index (κ2) is 3.63. The molecule has 3 nitrogen and oxygen atoms in total. The molecule has 0 saturated heterocycles. The summed E-state index contributed by atoms with van der Waals surface area (Å²) in [6, 6.07) is 2.27. The highest BCUT2D eigenvalue weighted by Gasteiger charge is 2.21. The maximum Gasteiger partial charge on any atom is 0.0681 e. The van der Waals surface area contributed by atoms with Gasteiger partial charge in [0.15, 0.2) is 0 Å². The van der Waals surface area contributed by atoms with E-state index in [0.717, 1.165) is 13.1 Å². The molecule has 84 valence electrons. The van der Waals surface area contributed by atoms with Gasteiger partial charge in [-0.3, -0.25) is 4.68 Å². The molecule has 0 radical (unpaired) electrons. The molecule has 1 aliphatic heterocycles. The highest BCUT2D eigenvalue weighted by molar-refractivity contribution is 5.18. The molecule has 1 aromatic heterocycles. The zero-order valence-corrected chi connectivity index (χ0v) is 10.2. The molecule has 0 aromatic carbocycles. The Bertz CT molecular complexity index is 346. The standard InChI is InChI=1S/C12H21N3/c1-12(2,3)11-8-10-9-14(4)6-5-7-15(10)13-11/h8H,5-7,9H2,1-4H3. The Kier molecular flexibility index (Phi) is 2.59. The van der Waals surface area contributed by atoms with Gasteiger partial charge in [0.05, 0.1) is 11.4 Å². The zero-order chi connectivity index (χ0) is 11.1. The fourth-order valence-corrected chi connectivity index (χ4v) is 1.99. The largest absolute Gasteiger partial charge is 0.300 e. The van der Waals surface area contributed by atoms with E-state index in [1.165, 1.54) is 24.4 Å². The van der Waals surface area contributed by atoms with Crippen molar-refractivity contribution in [2.45, 2.75) is 45.7 Å². The summed E-state index contributed by atoms with van der Waals surface area (Å²) in [5, 5.41) is 4.71. The lowest BCUT2D eigenvalue weighted by molar-refractivity contribution is 0.332. The van der Waals surface area contributed by atoms with Gasteiger partial charge in [0.2, 0.25) is 0 Å². The van der Waals surface area contributed by atoms with Crippen molar-refractivity contribution in [1.29, 1.82) is 0 Å². The summed E-state index contributed by atoms with van der Waals surface area (Å²) in [6.45, 7) is 9.93. The molecule has 0 aliphatic carbocycles. The summed E-state index contributed by atoms with van der Waals surface area (Å²) in [6.07, 6.45) is 1.20. The van der Waals surface area contributed by atoms with E-state index < -0.39 is 0 Å². The predicted octanol–water partition coefficient (Wildman–Crippen LogP) is 2.02. The Hall–Kier alpha value is -0.830. The van der Waals surface area contributed by atoms with E-state index in [1.54, 1.807) is 0 Å². The summed E-state index contributed by atoms with van der Waals surface area (Å²) in [5.41, 5.74) is 2.74. The number of nitrogens with zero attached hydrogens (tertiary/aromatic N) is 3. The van der Waals surface area contributed by atoms with Gasteiger partial charge in [-0.15, -0.1) is 0 Å². The van der Waals surface area contributed by atoms with E-state index >= 15 is 0 Å². The van der Waals surface area contributed by atoms with Crippen molar-refractivity contribution in [1.82, 2.24) is 14.7 Å². The van der Waals surface area contributed by atoms with Gasteiger partial charge in [-0.2, -0.15) is 5.10 Å². The molecule has 1 aromatic rings. The van der Waals surface area contributed by atoms with Crippen LogP contribution in [0.4, 0.5) is 0 Å². The first-order chi connectivity index (χ1) is 6.97. The topological polar surface area (TPSA) is 21.1 Å². The van der Waals surface area contributed by atoms with Gasteiger partial charge in [0, 0.05) is 25.0 Å². The monoisotopic (exact) mass is 207 g/mol. The third-order valence-corrected chi connectivity index (χ3v) is 2.97. The number of aryl methyl sites for hydroxylation is 1. The third-order valence-electron chi connectivity index (χ3n) is 2.97. The summed E-state index contributed by atoms with van der Waals surface area (Å²) >= 11 is 0. The van der Waals surface area contributed by atoms with Crippen molar-refractivity contribution in [3.8, 4) is 0 Å². The minimum atomic E-state index is 0.164. The van der Waals surface area contributed by atoms with E-state index in [0.29, 0.717) is 0 Å². The van der Waals surface area contributed by atoms with E-state index in [9.17, 15) is 0 Å². The van der Waals surface area contributed by atoms with Crippen LogP contribution in [0.2, 0.25) is 0 Å². The highest BCUT2D eigenvalue weighted by Crippen LogP contribution is 2.23. The van der Waals surface area contributed by atoms with Crippen LogP contribution in [0, 0.1) is 0 Å². The van der Waals surface area contributed by atoms with Crippen LogP contribution in [-0.2, 0) is 18.5 Å². The first kappa shape index (κ1) is 10.7. The van der Waals surface area contributed by atoms with Crippen molar-refractivity contribution >= 4 is 0 Å². The third kappa shape index (κ3) is 2.23.